The van der Waals surface area contributed by atoms with Gasteiger partial charge in [0.1, 0.15) is 5.82 Å². The molecule has 162 valence electrons. The SMILES string of the molecule is Cc1nccn1-c1ccccc1CNC(=O)c1ccc(S(=O)(=O)N2CCOCC2)cc1. The zero-order valence-corrected chi connectivity index (χ0v) is 18.0. The van der Waals surface area contributed by atoms with Crippen molar-refractivity contribution in [2.45, 2.75) is 18.4 Å². The number of benzene rings is 2. The minimum atomic E-state index is -3.58. The summed E-state index contributed by atoms with van der Waals surface area (Å²) in [6, 6.07) is 13.8. The van der Waals surface area contributed by atoms with Crippen LogP contribution in [0.4, 0.5) is 0 Å². The Labute approximate surface area is 181 Å². The maximum absolute atomic E-state index is 12.7. The highest BCUT2D eigenvalue weighted by Gasteiger charge is 2.26. The lowest BCUT2D eigenvalue weighted by Gasteiger charge is -2.26. The number of aromatic nitrogens is 2. The maximum Gasteiger partial charge on any atom is 0.251 e. The van der Waals surface area contributed by atoms with Crippen molar-refractivity contribution in [2.24, 2.45) is 0 Å². The number of nitrogens with zero attached hydrogens (tertiary/aromatic N) is 3. The van der Waals surface area contributed by atoms with Gasteiger partial charge in [0, 0.05) is 37.6 Å². The first kappa shape index (κ1) is 21.2. The molecule has 1 amide bonds. The van der Waals surface area contributed by atoms with E-state index in [0.717, 1.165) is 17.1 Å². The van der Waals surface area contributed by atoms with Gasteiger partial charge in [0.2, 0.25) is 10.0 Å². The summed E-state index contributed by atoms with van der Waals surface area (Å²) in [5.41, 5.74) is 2.30. The summed E-state index contributed by atoms with van der Waals surface area (Å²) < 4.78 is 34.0. The summed E-state index contributed by atoms with van der Waals surface area (Å²) in [4.78, 5) is 17.1. The number of rotatable bonds is 6. The Balaban J connectivity index is 1.45. The van der Waals surface area contributed by atoms with Gasteiger partial charge in [0.25, 0.3) is 5.91 Å². The lowest BCUT2D eigenvalue weighted by Crippen LogP contribution is -2.40. The number of ether oxygens (including phenoxy) is 1. The molecule has 31 heavy (non-hydrogen) atoms. The molecule has 0 spiro atoms. The molecule has 8 nitrogen and oxygen atoms in total. The molecule has 0 aliphatic carbocycles. The molecular weight excluding hydrogens is 416 g/mol. The van der Waals surface area contributed by atoms with E-state index in [9.17, 15) is 13.2 Å². The van der Waals surface area contributed by atoms with Crippen LogP contribution in [0.15, 0.2) is 65.8 Å². The Bertz CT molecular complexity index is 1170. The molecule has 1 fully saturated rings. The summed E-state index contributed by atoms with van der Waals surface area (Å²) in [5, 5.41) is 2.91. The maximum atomic E-state index is 12.7. The van der Waals surface area contributed by atoms with Gasteiger partial charge in [-0.15, -0.1) is 0 Å². The first-order valence-electron chi connectivity index (χ1n) is 10.0. The van der Waals surface area contributed by atoms with Gasteiger partial charge in [0.15, 0.2) is 0 Å². The summed E-state index contributed by atoms with van der Waals surface area (Å²) in [6.45, 7) is 3.70. The van der Waals surface area contributed by atoms with Gasteiger partial charge in [-0.3, -0.25) is 4.79 Å². The zero-order valence-electron chi connectivity index (χ0n) is 17.2. The van der Waals surface area contributed by atoms with Crippen molar-refractivity contribution in [2.75, 3.05) is 26.3 Å². The Kier molecular flexibility index (Phi) is 6.17. The number of morpholine rings is 1. The number of hydrogen-bond donors (Lipinski definition) is 1. The van der Waals surface area contributed by atoms with Gasteiger partial charge >= 0.3 is 0 Å². The lowest BCUT2D eigenvalue weighted by molar-refractivity contribution is 0.0730. The van der Waals surface area contributed by atoms with E-state index in [1.54, 1.807) is 6.20 Å². The third kappa shape index (κ3) is 4.53. The van der Waals surface area contributed by atoms with Crippen molar-refractivity contribution in [1.29, 1.82) is 0 Å². The Morgan fingerprint density at radius 2 is 1.81 bits per heavy atom. The molecule has 2 heterocycles. The molecule has 0 unspecified atom stereocenters. The largest absolute Gasteiger partial charge is 0.379 e. The van der Waals surface area contributed by atoms with Gasteiger partial charge in [-0.2, -0.15) is 4.31 Å². The third-order valence-corrected chi connectivity index (χ3v) is 7.15. The van der Waals surface area contributed by atoms with E-state index in [-0.39, 0.29) is 10.8 Å². The van der Waals surface area contributed by atoms with E-state index >= 15 is 0 Å². The van der Waals surface area contributed by atoms with Crippen molar-refractivity contribution >= 4 is 15.9 Å². The van der Waals surface area contributed by atoms with Crippen molar-refractivity contribution in [3.8, 4) is 5.69 Å². The minimum absolute atomic E-state index is 0.173. The van der Waals surface area contributed by atoms with Crippen LogP contribution in [-0.2, 0) is 21.3 Å². The number of hydrogen-bond acceptors (Lipinski definition) is 5. The fourth-order valence-corrected chi connectivity index (χ4v) is 4.93. The predicted molar refractivity (Wildman–Crippen MR) is 115 cm³/mol. The minimum Gasteiger partial charge on any atom is -0.379 e. The van der Waals surface area contributed by atoms with Gasteiger partial charge in [-0.25, -0.2) is 13.4 Å². The van der Waals surface area contributed by atoms with Crippen LogP contribution < -0.4 is 5.32 Å². The number of aryl methyl sites for hydroxylation is 1. The summed E-state index contributed by atoms with van der Waals surface area (Å²) in [6.07, 6.45) is 3.61. The van der Waals surface area contributed by atoms with Gasteiger partial charge in [-0.05, 0) is 42.8 Å². The molecule has 1 N–H and O–H groups in total. The molecule has 1 saturated heterocycles. The molecule has 1 aromatic heterocycles. The lowest BCUT2D eigenvalue weighted by atomic mass is 10.1. The first-order valence-corrected chi connectivity index (χ1v) is 11.5. The normalized spacial score (nSPS) is 15.0. The smallest absolute Gasteiger partial charge is 0.251 e. The second-order valence-corrected chi connectivity index (χ2v) is 9.13. The molecule has 0 saturated carbocycles. The van der Waals surface area contributed by atoms with Crippen LogP contribution in [0, 0.1) is 6.92 Å². The van der Waals surface area contributed by atoms with Crippen LogP contribution >= 0.6 is 0 Å². The number of amides is 1. The van der Waals surface area contributed by atoms with E-state index in [2.05, 4.69) is 10.3 Å². The van der Waals surface area contributed by atoms with Gasteiger partial charge < -0.3 is 14.6 Å². The van der Waals surface area contributed by atoms with Crippen LogP contribution in [0.2, 0.25) is 0 Å². The highest BCUT2D eigenvalue weighted by molar-refractivity contribution is 7.89. The highest BCUT2D eigenvalue weighted by atomic mass is 32.2. The first-order chi connectivity index (χ1) is 15.0. The number of nitrogens with one attached hydrogen (secondary N) is 1. The van der Waals surface area contributed by atoms with Gasteiger partial charge in [-0.1, -0.05) is 18.2 Å². The number of sulfonamides is 1. The Morgan fingerprint density at radius 3 is 2.48 bits per heavy atom. The molecular formula is C22H24N4O4S. The van der Waals surface area contributed by atoms with Crippen LogP contribution in [0.3, 0.4) is 0 Å². The van der Waals surface area contributed by atoms with Crippen LogP contribution in [0.25, 0.3) is 5.69 Å². The summed E-state index contributed by atoms with van der Waals surface area (Å²) >= 11 is 0. The quantitative estimate of drug-likeness (QED) is 0.634. The van der Waals surface area contributed by atoms with Gasteiger partial charge in [0.05, 0.1) is 23.8 Å². The number of para-hydroxylation sites is 1. The average molecular weight is 441 g/mol. The molecule has 9 heteroatoms. The van der Waals surface area contributed by atoms with Crippen molar-refractivity contribution < 1.29 is 17.9 Å². The third-order valence-electron chi connectivity index (χ3n) is 5.24. The topological polar surface area (TPSA) is 93.5 Å². The van der Waals surface area contributed by atoms with Crippen LogP contribution in [0.1, 0.15) is 21.7 Å². The molecule has 4 rings (SSSR count). The molecule has 1 aliphatic heterocycles. The van der Waals surface area contributed by atoms with E-state index < -0.39 is 10.0 Å². The molecule has 0 atom stereocenters. The van der Waals surface area contributed by atoms with Crippen molar-refractivity contribution in [3.63, 3.8) is 0 Å². The number of carbonyl (C=O) groups excluding carboxylic acids is 1. The molecule has 0 radical (unpaired) electrons. The summed E-state index contributed by atoms with van der Waals surface area (Å²) in [5.74, 6) is 0.586. The second kappa shape index (κ2) is 9.01. The number of imidazole rings is 1. The molecule has 1 aliphatic rings. The van der Waals surface area contributed by atoms with Crippen molar-refractivity contribution in [1.82, 2.24) is 19.2 Å². The fourth-order valence-electron chi connectivity index (χ4n) is 3.52. The number of carbonyl (C=O) groups is 1. The average Bonchev–Trinajstić information content (AvgIpc) is 3.24. The molecule has 2 aromatic carbocycles. The molecule has 0 bridgehead atoms. The van der Waals surface area contributed by atoms with Crippen LogP contribution in [-0.4, -0.2) is 54.5 Å². The standard InChI is InChI=1S/C22H24N4O4S/c1-17-23-10-11-26(17)21-5-3-2-4-19(21)16-24-22(27)18-6-8-20(9-7-18)31(28,29)25-12-14-30-15-13-25/h2-11H,12-16H2,1H3,(H,24,27). The Morgan fingerprint density at radius 1 is 1.10 bits per heavy atom. The van der Waals surface area contributed by atoms with Crippen molar-refractivity contribution in [3.05, 3.63) is 77.9 Å². The Hall–Kier alpha value is -3.01. The molecule has 3 aromatic rings. The fraction of sp³-hybridized carbons (Fsp3) is 0.273. The second-order valence-electron chi connectivity index (χ2n) is 7.20. The zero-order chi connectivity index (χ0) is 21.8. The monoisotopic (exact) mass is 440 g/mol. The van der Waals surface area contributed by atoms with Crippen LogP contribution in [0.5, 0.6) is 0 Å². The van der Waals surface area contributed by atoms with E-state index in [4.69, 9.17) is 4.74 Å². The predicted octanol–water partition coefficient (Wildman–Crippen LogP) is 2.13. The summed E-state index contributed by atoms with van der Waals surface area (Å²) in [7, 11) is -3.58. The highest BCUT2D eigenvalue weighted by Crippen LogP contribution is 2.19. The van der Waals surface area contributed by atoms with E-state index in [1.807, 2.05) is 42.0 Å². The van der Waals surface area contributed by atoms with E-state index in [1.165, 1.54) is 28.6 Å². The van der Waals surface area contributed by atoms with E-state index in [0.29, 0.717) is 38.4 Å².